The molecule has 2 nitrogen and oxygen atoms in total. The molecule has 0 saturated carbocycles. The molecule has 0 spiro atoms. The van der Waals surface area contributed by atoms with Crippen LogP contribution in [-0.2, 0) is 9.31 Å². The van der Waals surface area contributed by atoms with Crippen LogP contribution in [0.3, 0.4) is 0 Å². The summed E-state index contributed by atoms with van der Waals surface area (Å²) in [5.74, 6) is -0.272. The summed E-state index contributed by atoms with van der Waals surface area (Å²) in [7, 11) is -0.500. The first-order valence-corrected chi connectivity index (χ1v) is 7.17. The molecule has 5 heteroatoms. The fraction of sp³-hybridized carbons (Fsp3) is 0.538. The van der Waals surface area contributed by atoms with Crippen molar-refractivity contribution in [3.63, 3.8) is 0 Å². The molecule has 0 radical (unpaired) electrons. The molecule has 1 heterocycles. The van der Waals surface area contributed by atoms with Gasteiger partial charge in [0.15, 0.2) is 0 Å². The first kappa shape index (κ1) is 14.0. The SMILES string of the molecule is CC1(C)OB(c2cccc(F)c2)OC1(C)CCBr. The molecule has 1 aliphatic rings. The third kappa shape index (κ3) is 2.49. The summed E-state index contributed by atoms with van der Waals surface area (Å²) in [6.45, 7) is 6.05. The zero-order valence-electron chi connectivity index (χ0n) is 10.9. The van der Waals surface area contributed by atoms with Crippen LogP contribution in [0, 0.1) is 5.82 Å². The molecule has 0 aromatic heterocycles. The molecule has 0 aliphatic carbocycles. The van der Waals surface area contributed by atoms with E-state index in [4.69, 9.17) is 9.31 Å². The lowest BCUT2D eigenvalue weighted by Crippen LogP contribution is -2.45. The highest BCUT2D eigenvalue weighted by atomic mass is 79.9. The van der Waals surface area contributed by atoms with E-state index >= 15 is 0 Å². The molecule has 98 valence electrons. The van der Waals surface area contributed by atoms with Crippen LogP contribution < -0.4 is 5.46 Å². The van der Waals surface area contributed by atoms with Gasteiger partial charge in [0.1, 0.15) is 5.82 Å². The minimum Gasteiger partial charge on any atom is -0.399 e. The minimum atomic E-state index is -0.500. The standard InChI is InChI=1S/C13H17BBrFO2/c1-12(2)13(3,7-8-15)18-14(17-12)10-5-4-6-11(16)9-10/h4-6,9H,7-8H2,1-3H3. The fourth-order valence-corrected chi connectivity index (χ4v) is 2.88. The molecule has 1 atom stereocenters. The van der Waals surface area contributed by atoms with Gasteiger partial charge in [-0.25, -0.2) is 4.39 Å². The Morgan fingerprint density at radius 3 is 2.61 bits per heavy atom. The maximum Gasteiger partial charge on any atom is 0.494 e. The van der Waals surface area contributed by atoms with Crippen LogP contribution >= 0.6 is 15.9 Å². The predicted octanol–water partition coefficient (Wildman–Crippen LogP) is 2.89. The van der Waals surface area contributed by atoms with Gasteiger partial charge in [0.25, 0.3) is 0 Å². The molecule has 1 fully saturated rings. The molecule has 1 aromatic carbocycles. The van der Waals surface area contributed by atoms with E-state index in [1.165, 1.54) is 12.1 Å². The van der Waals surface area contributed by atoms with Crippen molar-refractivity contribution in [2.24, 2.45) is 0 Å². The molecule has 1 saturated heterocycles. The highest BCUT2D eigenvalue weighted by Gasteiger charge is 2.53. The first-order valence-electron chi connectivity index (χ1n) is 6.05. The Labute approximate surface area is 116 Å². The summed E-state index contributed by atoms with van der Waals surface area (Å²) in [5, 5.41) is 0.839. The number of alkyl halides is 1. The maximum atomic E-state index is 13.2. The van der Waals surface area contributed by atoms with Crippen LogP contribution in [0.2, 0.25) is 0 Å². The van der Waals surface area contributed by atoms with E-state index in [0.29, 0.717) is 0 Å². The number of hydrogen-bond donors (Lipinski definition) is 0. The Morgan fingerprint density at radius 1 is 1.28 bits per heavy atom. The molecule has 0 N–H and O–H groups in total. The summed E-state index contributed by atoms with van der Waals surface area (Å²) >= 11 is 3.44. The van der Waals surface area contributed by atoms with E-state index in [-0.39, 0.29) is 11.4 Å². The largest absolute Gasteiger partial charge is 0.494 e. The van der Waals surface area contributed by atoms with E-state index in [1.807, 2.05) is 26.8 Å². The Hall–Kier alpha value is -0.385. The Balaban J connectivity index is 2.25. The molecule has 1 aliphatic heterocycles. The van der Waals surface area contributed by atoms with Crippen LogP contribution in [0.1, 0.15) is 27.2 Å². The van der Waals surface area contributed by atoms with Crippen molar-refractivity contribution in [3.05, 3.63) is 30.1 Å². The van der Waals surface area contributed by atoms with E-state index < -0.39 is 12.7 Å². The number of halogens is 2. The molecule has 2 rings (SSSR count). The van der Waals surface area contributed by atoms with Crippen molar-refractivity contribution < 1.29 is 13.7 Å². The molecule has 18 heavy (non-hydrogen) atoms. The smallest absolute Gasteiger partial charge is 0.399 e. The van der Waals surface area contributed by atoms with Gasteiger partial charge in [-0.15, -0.1) is 0 Å². The zero-order chi connectivity index (χ0) is 13.4. The van der Waals surface area contributed by atoms with Gasteiger partial charge < -0.3 is 9.31 Å². The van der Waals surface area contributed by atoms with Crippen molar-refractivity contribution >= 4 is 28.5 Å². The average molecular weight is 315 g/mol. The second-order valence-corrected chi connectivity index (χ2v) is 6.10. The van der Waals surface area contributed by atoms with Gasteiger partial charge in [-0.1, -0.05) is 28.1 Å². The molecule has 0 amide bonds. The summed E-state index contributed by atoms with van der Waals surface area (Å²) < 4.78 is 25.2. The highest BCUT2D eigenvalue weighted by Crippen LogP contribution is 2.39. The lowest BCUT2D eigenvalue weighted by atomic mass is 9.79. The highest BCUT2D eigenvalue weighted by molar-refractivity contribution is 9.09. The molecule has 1 aromatic rings. The molecular formula is C13H17BBrFO2. The Kier molecular flexibility index (Phi) is 3.86. The third-order valence-electron chi connectivity index (χ3n) is 3.73. The van der Waals surface area contributed by atoms with Gasteiger partial charge in [0.05, 0.1) is 11.2 Å². The second-order valence-electron chi connectivity index (χ2n) is 5.30. The van der Waals surface area contributed by atoms with E-state index in [1.54, 1.807) is 6.07 Å². The molecule has 0 bridgehead atoms. The van der Waals surface area contributed by atoms with Crippen molar-refractivity contribution in [2.75, 3.05) is 5.33 Å². The predicted molar refractivity (Wildman–Crippen MR) is 74.9 cm³/mol. The van der Waals surface area contributed by atoms with Crippen LogP contribution in [0.25, 0.3) is 0 Å². The zero-order valence-corrected chi connectivity index (χ0v) is 12.5. The quantitative estimate of drug-likeness (QED) is 0.631. The molecule has 1 unspecified atom stereocenters. The van der Waals surface area contributed by atoms with Gasteiger partial charge >= 0.3 is 7.12 Å². The number of hydrogen-bond acceptors (Lipinski definition) is 2. The van der Waals surface area contributed by atoms with E-state index in [0.717, 1.165) is 17.2 Å². The first-order chi connectivity index (χ1) is 8.38. The average Bonchev–Trinajstić information content (AvgIpc) is 2.50. The molecular weight excluding hydrogens is 298 g/mol. The van der Waals surface area contributed by atoms with E-state index in [2.05, 4.69) is 15.9 Å². The van der Waals surface area contributed by atoms with Crippen molar-refractivity contribution in [3.8, 4) is 0 Å². The third-order valence-corrected chi connectivity index (χ3v) is 4.13. The van der Waals surface area contributed by atoms with Crippen LogP contribution in [0.5, 0.6) is 0 Å². The van der Waals surface area contributed by atoms with E-state index in [9.17, 15) is 4.39 Å². The van der Waals surface area contributed by atoms with Crippen LogP contribution in [0.4, 0.5) is 4.39 Å². The minimum absolute atomic E-state index is 0.272. The van der Waals surface area contributed by atoms with Crippen molar-refractivity contribution in [1.82, 2.24) is 0 Å². The van der Waals surface area contributed by atoms with Gasteiger partial charge in [-0.05, 0) is 44.8 Å². The second kappa shape index (κ2) is 4.95. The van der Waals surface area contributed by atoms with Crippen LogP contribution in [0.15, 0.2) is 24.3 Å². The van der Waals surface area contributed by atoms with Gasteiger partial charge in [-0.2, -0.15) is 0 Å². The topological polar surface area (TPSA) is 18.5 Å². The monoisotopic (exact) mass is 314 g/mol. The summed E-state index contributed by atoms with van der Waals surface area (Å²) in [6.07, 6.45) is 0.839. The van der Waals surface area contributed by atoms with Crippen molar-refractivity contribution in [2.45, 2.75) is 38.4 Å². The summed E-state index contributed by atoms with van der Waals surface area (Å²) in [4.78, 5) is 0. The van der Waals surface area contributed by atoms with Crippen molar-refractivity contribution in [1.29, 1.82) is 0 Å². The van der Waals surface area contributed by atoms with Crippen LogP contribution in [-0.4, -0.2) is 23.7 Å². The number of benzene rings is 1. The normalized spacial score (nSPS) is 26.6. The lowest BCUT2D eigenvalue weighted by molar-refractivity contribution is -0.0108. The number of rotatable bonds is 3. The Bertz CT molecular complexity index is 441. The summed E-state index contributed by atoms with van der Waals surface area (Å²) in [6, 6.07) is 6.37. The lowest BCUT2D eigenvalue weighted by Gasteiger charge is -2.35. The van der Waals surface area contributed by atoms with Gasteiger partial charge in [0, 0.05) is 5.33 Å². The fourth-order valence-electron chi connectivity index (χ4n) is 2.12. The Morgan fingerprint density at radius 2 is 2.00 bits per heavy atom. The maximum absolute atomic E-state index is 13.2. The van der Waals surface area contributed by atoms with Gasteiger partial charge in [0.2, 0.25) is 0 Å². The van der Waals surface area contributed by atoms with Gasteiger partial charge in [-0.3, -0.25) is 0 Å². The summed E-state index contributed by atoms with van der Waals surface area (Å²) in [5.41, 5.74) is -0.0630.